The Morgan fingerprint density at radius 3 is 2.46 bits per heavy atom. The number of likely N-dealkylation sites (tertiary alicyclic amines) is 1. The number of hydrogen-bond acceptors (Lipinski definition) is 5. The van der Waals surface area contributed by atoms with Crippen molar-refractivity contribution >= 4 is 17.4 Å². The minimum Gasteiger partial charge on any atom is -0.507 e. The van der Waals surface area contributed by atoms with Crippen LogP contribution in [0.25, 0.3) is 5.76 Å². The average Bonchev–Trinajstić information content (AvgIpc) is 3.37. The Labute approximate surface area is 208 Å². The average molecular weight is 477 g/mol. The van der Waals surface area contributed by atoms with E-state index >= 15 is 0 Å². The first-order chi connectivity index (χ1) is 16.9. The van der Waals surface area contributed by atoms with Crippen LogP contribution in [0.5, 0.6) is 5.75 Å². The van der Waals surface area contributed by atoms with Crippen molar-refractivity contribution in [1.29, 1.82) is 0 Å². The third-order valence-electron chi connectivity index (χ3n) is 7.18. The molecule has 2 heterocycles. The van der Waals surface area contributed by atoms with Crippen LogP contribution in [-0.2, 0) is 22.4 Å². The number of hydrogen-bond donors (Lipinski definition) is 1. The molecule has 2 aliphatic heterocycles. The molecule has 35 heavy (non-hydrogen) atoms. The van der Waals surface area contributed by atoms with Gasteiger partial charge in [-0.1, -0.05) is 45.0 Å². The first kappa shape index (κ1) is 25.0. The number of nitrogens with zero attached hydrogens (tertiary/aromatic N) is 2. The topological polar surface area (TPSA) is 70.1 Å². The van der Waals surface area contributed by atoms with Crippen LogP contribution in [0.2, 0.25) is 0 Å². The molecule has 2 aromatic carbocycles. The van der Waals surface area contributed by atoms with Gasteiger partial charge in [-0.2, -0.15) is 0 Å². The summed E-state index contributed by atoms with van der Waals surface area (Å²) in [4.78, 5) is 30.4. The standard InChI is InChI=1S/C29H36N2O4/c1-5-20-9-11-21(12-10-20)26-25(27(32)22-13-14-24-23(18-22)17-19(4)35-24)28(33)29(34)31(26)16-8-15-30(6-2)7-3/h9-14,18-19,26,32H,5-8,15-17H2,1-4H3/t19-,26+/m1/s1. The first-order valence-electron chi connectivity index (χ1n) is 12.8. The van der Waals surface area contributed by atoms with Gasteiger partial charge < -0.3 is 19.6 Å². The molecule has 0 radical (unpaired) electrons. The van der Waals surface area contributed by atoms with Gasteiger partial charge >= 0.3 is 0 Å². The van der Waals surface area contributed by atoms with Crippen LogP contribution in [0, 0.1) is 0 Å². The zero-order chi connectivity index (χ0) is 25.1. The third-order valence-corrected chi connectivity index (χ3v) is 7.18. The molecule has 1 N–H and O–H groups in total. The molecule has 0 aliphatic carbocycles. The number of aliphatic hydroxyl groups is 1. The normalized spacial score (nSPS) is 21.0. The van der Waals surface area contributed by atoms with E-state index in [9.17, 15) is 14.7 Å². The smallest absolute Gasteiger partial charge is 0.295 e. The molecule has 2 aromatic rings. The van der Waals surface area contributed by atoms with Gasteiger partial charge in [-0.15, -0.1) is 0 Å². The Morgan fingerprint density at radius 2 is 1.80 bits per heavy atom. The predicted octanol–water partition coefficient (Wildman–Crippen LogP) is 4.73. The number of carbonyl (C=O) groups is 2. The van der Waals surface area contributed by atoms with E-state index in [4.69, 9.17) is 4.74 Å². The van der Waals surface area contributed by atoms with Crippen LogP contribution in [0.4, 0.5) is 0 Å². The molecule has 4 rings (SSSR count). The summed E-state index contributed by atoms with van der Waals surface area (Å²) in [7, 11) is 0. The van der Waals surface area contributed by atoms with E-state index in [1.165, 1.54) is 5.56 Å². The van der Waals surface area contributed by atoms with Crippen molar-refractivity contribution in [3.63, 3.8) is 0 Å². The summed E-state index contributed by atoms with van der Waals surface area (Å²) in [5.41, 5.74) is 3.72. The number of aryl methyl sites for hydroxylation is 1. The van der Waals surface area contributed by atoms with E-state index in [0.29, 0.717) is 12.1 Å². The van der Waals surface area contributed by atoms with Crippen molar-refractivity contribution in [2.75, 3.05) is 26.2 Å². The van der Waals surface area contributed by atoms with Crippen molar-refractivity contribution in [2.24, 2.45) is 0 Å². The van der Waals surface area contributed by atoms with Gasteiger partial charge in [-0.05, 0) is 74.3 Å². The number of rotatable bonds is 9. The summed E-state index contributed by atoms with van der Waals surface area (Å²) < 4.78 is 5.79. The van der Waals surface area contributed by atoms with E-state index in [0.717, 1.165) is 55.8 Å². The van der Waals surface area contributed by atoms with Crippen LogP contribution < -0.4 is 4.74 Å². The maximum Gasteiger partial charge on any atom is 0.295 e. The maximum absolute atomic E-state index is 13.3. The Kier molecular flexibility index (Phi) is 7.60. The summed E-state index contributed by atoms with van der Waals surface area (Å²) >= 11 is 0. The molecule has 6 nitrogen and oxygen atoms in total. The number of benzene rings is 2. The van der Waals surface area contributed by atoms with Crippen LogP contribution >= 0.6 is 0 Å². The quantitative estimate of drug-likeness (QED) is 0.322. The van der Waals surface area contributed by atoms with Crippen molar-refractivity contribution in [3.05, 3.63) is 70.3 Å². The molecule has 2 atom stereocenters. The molecular weight excluding hydrogens is 440 g/mol. The Balaban J connectivity index is 1.73. The fraction of sp³-hybridized carbons (Fsp3) is 0.448. The summed E-state index contributed by atoms with van der Waals surface area (Å²) in [5, 5.41) is 11.4. The number of fused-ring (bicyclic) bond motifs is 1. The molecule has 0 aromatic heterocycles. The van der Waals surface area contributed by atoms with Crippen LogP contribution in [0.15, 0.2) is 48.0 Å². The molecule has 0 spiro atoms. The lowest BCUT2D eigenvalue weighted by Gasteiger charge is -2.27. The second-order valence-corrected chi connectivity index (χ2v) is 9.42. The van der Waals surface area contributed by atoms with Gasteiger partial charge in [0.1, 0.15) is 17.6 Å². The van der Waals surface area contributed by atoms with Gasteiger partial charge in [-0.3, -0.25) is 9.59 Å². The minimum atomic E-state index is -0.625. The Hall–Kier alpha value is -3.12. The van der Waals surface area contributed by atoms with Crippen LogP contribution in [0.3, 0.4) is 0 Å². The van der Waals surface area contributed by atoms with Crippen molar-refractivity contribution in [1.82, 2.24) is 9.80 Å². The molecule has 2 aliphatic rings. The first-order valence-corrected chi connectivity index (χ1v) is 12.8. The van der Waals surface area contributed by atoms with E-state index in [-0.39, 0.29) is 17.4 Å². The number of amides is 1. The molecule has 1 saturated heterocycles. The highest BCUT2D eigenvalue weighted by Crippen LogP contribution is 2.40. The zero-order valence-corrected chi connectivity index (χ0v) is 21.2. The second kappa shape index (κ2) is 10.6. The summed E-state index contributed by atoms with van der Waals surface area (Å²) in [6, 6.07) is 12.9. The van der Waals surface area contributed by atoms with Crippen LogP contribution in [-0.4, -0.2) is 58.9 Å². The van der Waals surface area contributed by atoms with Gasteiger partial charge in [0.15, 0.2) is 0 Å². The lowest BCUT2D eigenvalue weighted by molar-refractivity contribution is -0.140. The highest BCUT2D eigenvalue weighted by molar-refractivity contribution is 6.46. The summed E-state index contributed by atoms with van der Waals surface area (Å²) in [6.07, 6.45) is 2.49. The third kappa shape index (κ3) is 4.98. The van der Waals surface area contributed by atoms with Crippen molar-refractivity contribution in [2.45, 2.75) is 59.1 Å². The number of carbonyl (C=O) groups excluding carboxylic acids is 2. The van der Waals surface area contributed by atoms with Gasteiger partial charge in [0, 0.05) is 18.5 Å². The van der Waals surface area contributed by atoms with E-state index < -0.39 is 17.7 Å². The lowest BCUT2D eigenvalue weighted by atomic mass is 9.93. The largest absolute Gasteiger partial charge is 0.507 e. The predicted molar refractivity (Wildman–Crippen MR) is 137 cm³/mol. The van der Waals surface area contributed by atoms with E-state index in [2.05, 4.69) is 25.7 Å². The Morgan fingerprint density at radius 1 is 1.09 bits per heavy atom. The fourth-order valence-corrected chi connectivity index (χ4v) is 5.12. The Bertz CT molecular complexity index is 1120. The van der Waals surface area contributed by atoms with Gasteiger partial charge in [0.25, 0.3) is 11.7 Å². The molecule has 186 valence electrons. The van der Waals surface area contributed by atoms with Crippen molar-refractivity contribution < 1.29 is 19.4 Å². The number of ketones is 1. The molecule has 0 saturated carbocycles. The number of aliphatic hydroxyl groups excluding tert-OH is 1. The van der Waals surface area contributed by atoms with Gasteiger partial charge in [0.2, 0.25) is 0 Å². The zero-order valence-electron chi connectivity index (χ0n) is 21.2. The minimum absolute atomic E-state index is 0.0795. The SMILES string of the molecule is CCc1ccc([C@H]2C(=C(O)c3ccc4c(c3)C[C@@H](C)O4)C(=O)C(=O)N2CCCN(CC)CC)cc1. The summed E-state index contributed by atoms with van der Waals surface area (Å²) in [5.74, 6) is -0.493. The molecule has 1 amide bonds. The van der Waals surface area contributed by atoms with Crippen molar-refractivity contribution in [3.8, 4) is 5.75 Å². The summed E-state index contributed by atoms with van der Waals surface area (Å²) in [6.45, 7) is 11.5. The molecule has 6 heteroatoms. The number of ether oxygens (including phenoxy) is 1. The van der Waals surface area contributed by atoms with E-state index in [1.54, 1.807) is 11.0 Å². The monoisotopic (exact) mass is 476 g/mol. The van der Waals surface area contributed by atoms with Gasteiger partial charge in [0.05, 0.1) is 11.6 Å². The maximum atomic E-state index is 13.3. The molecular formula is C29H36N2O4. The molecule has 0 bridgehead atoms. The second-order valence-electron chi connectivity index (χ2n) is 9.42. The molecule has 1 fully saturated rings. The lowest BCUT2D eigenvalue weighted by Crippen LogP contribution is -2.33. The number of Topliss-reactive ketones (excluding diaryl/α,β-unsaturated/α-hetero) is 1. The fourth-order valence-electron chi connectivity index (χ4n) is 5.12. The van der Waals surface area contributed by atoms with Crippen LogP contribution in [0.1, 0.15) is 62.4 Å². The molecule has 0 unspecified atom stereocenters. The van der Waals surface area contributed by atoms with E-state index in [1.807, 2.05) is 43.3 Å². The highest BCUT2D eigenvalue weighted by atomic mass is 16.5. The highest BCUT2D eigenvalue weighted by Gasteiger charge is 2.45. The van der Waals surface area contributed by atoms with Gasteiger partial charge in [-0.25, -0.2) is 0 Å².